The number of aliphatic carboxylic acids is 1. The second-order valence-corrected chi connectivity index (χ2v) is 12.0. The van der Waals surface area contributed by atoms with Gasteiger partial charge in [-0.3, -0.25) is 23.4 Å². The molecule has 0 spiro atoms. The highest BCUT2D eigenvalue weighted by Crippen LogP contribution is 2.43. The van der Waals surface area contributed by atoms with Gasteiger partial charge in [-0.2, -0.15) is 0 Å². The van der Waals surface area contributed by atoms with Crippen LogP contribution in [-0.4, -0.2) is 66.2 Å². The van der Waals surface area contributed by atoms with Gasteiger partial charge in [-0.05, 0) is 44.6 Å². The molecule has 0 heterocycles. The Morgan fingerprint density at radius 1 is 0.750 bits per heavy atom. The standard InChI is InChI=1S/C31H54NO11P/c1-2-3-4-5-6-7-8-9-10-11-12-13-14-15-16-19-30(36)40-25-28(26-42-44(38,39)41-24-23-32)43-31(37)20-17-18-27(33)21-22-29(34)35/h9-10,21-22,28H,2-8,11-20,23-26,32H2,1H3,(H,34,35)(H,38,39)/b10-9-,22-21+/t28-/m1/s1. The predicted molar refractivity (Wildman–Crippen MR) is 167 cm³/mol. The third-order valence-electron chi connectivity index (χ3n) is 6.38. The zero-order valence-electron chi connectivity index (χ0n) is 26.3. The van der Waals surface area contributed by atoms with Gasteiger partial charge in [0, 0.05) is 31.9 Å². The third kappa shape index (κ3) is 28.4. The average Bonchev–Trinajstić information content (AvgIpc) is 2.98. The van der Waals surface area contributed by atoms with Gasteiger partial charge < -0.3 is 25.2 Å². The number of hydrogen-bond acceptors (Lipinski definition) is 10. The van der Waals surface area contributed by atoms with Crippen molar-refractivity contribution in [2.75, 3.05) is 26.4 Å². The number of carboxylic acids is 1. The fraction of sp³-hybridized carbons (Fsp3) is 0.742. The molecule has 0 aromatic carbocycles. The molecule has 2 atom stereocenters. The summed E-state index contributed by atoms with van der Waals surface area (Å²) in [7, 11) is -4.47. The number of unbranched alkanes of at least 4 members (excludes halogenated alkanes) is 11. The van der Waals surface area contributed by atoms with Crippen molar-refractivity contribution in [3.63, 3.8) is 0 Å². The molecule has 13 heteroatoms. The van der Waals surface area contributed by atoms with Crippen LogP contribution in [0.15, 0.2) is 24.3 Å². The Morgan fingerprint density at radius 2 is 1.34 bits per heavy atom. The second-order valence-electron chi connectivity index (χ2n) is 10.5. The summed E-state index contributed by atoms with van der Waals surface area (Å²) < 4.78 is 31.9. The minimum atomic E-state index is -4.47. The van der Waals surface area contributed by atoms with Crippen LogP contribution >= 0.6 is 7.82 Å². The van der Waals surface area contributed by atoms with E-state index in [-0.39, 0.29) is 38.8 Å². The lowest BCUT2D eigenvalue weighted by molar-refractivity contribution is -0.161. The van der Waals surface area contributed by atoms with Crippen LogP contribution in [0.3, 0.4) is 0 Å². The van der Waals surface area contributed by atoms with E-state index < -0.39 is 50.8 Å². The smallest absolute Gasteiger partial charge is 0.472 e. The van der Waals surface area contributed by atoms with Gasteiger partial charge in [0.05, 0.1) is 13.2 Å². The number of phosphoric acid groups is 1. The van der Waals surface area contributed by atoms with E-state index in [1.807, 2.05) is 0 Å². The first-order chi connectivity index (χ1) is 21.1. The minimum Gasteiger partial charge on any atom is -0.478 e. The highest BCUT2D eigenvalue weighted by molar-refractivity contribution is 7.47. The molecule has 0 aliphatic rings. The summed E-state index contributed by atoms with van der Waals surface area (Å²) >= 11 is 0. The predicted octanol–water partition coefficient (Wildman–Crippen LogP) is 5.95. The molecule has 0 aromatic heterocycles. The van der Waals surface area contributed by atoms with Gasteiger partial charge in [0.1, 0.15) is 6.61 Å². The third-order valence-corrected chi connectivity index (χ3v) is 7.37. The number of ketones is 1. The fourth-order valence-corrected chi connectivity index (χ4v) is 4.76. The lowest BCUT2D eigenvalue weighted by Crippen LogP contribution is -2.29. The molecule has 0 amide bonds. The molecule has 4 N–H and O–H groups in total. The molecule has 0 saturated carbocycles. The van der Waals surface area contributed by atoms with Crippen molar-refractivity contribution >= 4 is 31.5 Å². The summed E-state index contributed by atoms with van der Waals surface area (Å²) in [5.41, 5.74) is 5.26. The Kier molecular flexibility index (Phi) is 26.6. The van der Waals surface area contributed by atoms with Crippen molar-refractivity contribution in [3.8, 4) is 0 Å². The van der Waals surface area contributed by atoms with Gasteiger partial charge in [0.25, 0.3) is 0 Å². The maximum absolute atomic E-state index is 12.2. The van der Waals surface area contributed by atoms with Crippen molar-refractivity contribution in [1.29, 1.82) is 0 Å². The highest BCUT2D eigenvalue weighted by atomic mass is 31.2. The number of carboxylic acid groups (broad SMARTS) is 1. The lowest BCUT2D eigenvalue weighted by atomic mass is 10.1. The monoisotopic (exact) mass is 647 g/mol. The first-order valence-electron chi connectivity index (χ1n) is 15.9. The van der Waals surface area contributed by atoms with Crippen LogP contribution in [0, 0.1) is 0 Å². The van der Waals surface area contributed by atoms with Gasteiger partial charge in [-0.25, -0.2) is 9.36 Å². The fourth-order valence-electron chi connectivity index (χ4n) is 4.00. The van der Waals surface area contributed by atoms with Crippen LogP contribution in [0.5, 0.6) is 0 Å². The van der Waals surface area contributed by atoms with Crippen LogP contribution in [0.1, 0.15) is 116 Å². The molecule has 0 fully saturated rings. The molecule has 44 heavy (non-hydrogen) atoms. The van der Waals surface area contributed by atoms with Gasteiger partial charge in [-0.15, -0.1) is 0 Å². The number of nitrogens with two attached hydrogens (primary N) is 1. The van der Waals surface area contributed by atoms with E-state index in [2.05, 4.69) is 23.6 Å². The molecule has 0 bridgehead atoms. The largest absolute Gasteiger partial charge is 0.478 e. The average molecular weight is 648 g/mol. The lowest BCUT2D eigenvalue weighted by Gasteiger charge is -2.19. The zero-order valence-corrected chi connectivity index (χ0v) is 27.2. The summed E-state index contributed by atoms with van der Waals surface area (Å²) in [4.78, 5) is 56.3. The summed E-state index contributed by atoms with van der Waals surface area (Å²) in [5, 5.41) is 8.55. The van der Waals surface area contributed by atoms with Crippen LogP contribution in [0.2, 0.25) is 0 Å². The quantitative estimate of drug-likeness (QED) is 0.0273. The van der Waals surface area contributed by atoms with Crippen molar-refractivity contribution in [3.05, 3.63) is 24.3 Å². The van der Waals surface area contributed by atoms with Gasteiger partial charge >= 0.3 is 25.7 Å². The molecule has 0 saturated heterocycles. The summed E-state index contributed by atoms with van der Waals surface area (Å²) in [6.45, 7) is 1.01. The van der Waals surface area contributed by atoms with Gasteiger partial charge in [0.15, 0.2) is 11.9 Å². The first kappa shape index (κ1) is 41.6. The van der Waals surface area contributed by atoms with E-state index in [1.54, 1.807) is 0 Å². The van der Waals surface area contributed by atoms with Crippen molar-refractivity contribution in [2.45, 2.75) is 122 Å². The molecule has 254 valence electrons. The number of ether oxygens (including phenoxy) is 2. The number of hydrogen-bond donors (Lipinski definition) is 3. The molecule has 0 aliphatic heterocycles. The van der Waals surface area contributed by atoms with E-state index in [9.17, 15) is 28.6 Å². The summed E-state index contributed by atoms with van der Waals surface area (Å²) in [6, 6.07) is 0. The maximum atomic E-state index is 12.2. The van der Waals surface area contributed by atoms with Gasteiger partial charge in [0.2, 0.25) is 0 Å². The topological polar surface area (TPSA) is 189 Å². The van der Waals surface area contributed by atoms with Crippen molar-refractivity contribution in [2.24, 2.45) is 5.73 Å². The van der Waals surface area contributed by atoms with Crippen molar-refractivity contribution < 1.29 is 52.3 Å². The second kappa shape index (κ2) is 28.1. The van der Waals surface area contributed by atoms with E-state index >= 15 is 0 Å². The number of phosphoric ester groups is 1. The molecule has 0 aromatic rings. The van der Waals surface area contributed by atoms with Crippen LogP contribution in [-0.2, 0) is 42.3 Å². The summed E-state index contributed by atoms with van der Waals surface area (Å²) in [5.74, 6) is -2.98. The maximum Gasteiger partial charge on any atom is 0.472 e. The Labute approximate surface area is 262 Å². The first-order valence-corrected chi connectivity index (χ1v) is 17.3. The van der Waals surface area contributed by atoms with E-state index in [0.717, 1.165) is 44.6 Å². The molecule has 0 radical (unpaired) electrons. The Morgan fingerprint density at radius 3 is 1.95 bits per heavy atom. The normalized spacial score (nSPS) is 13.6. The van der Waals surface area contributed by atoms with E-state index in [1.165, 1.54) is 38.5 Å². The number of carbonyl (C=O) groups is 4. The van der Waals surface area contributed by atoms with Gasteiger partial charge in [-0.1, -0.05) is 70.4 Å². The molecular formula is C31H54NO11P. The zero-order chi connectivity index (χ0) is 32.9. The van der Waals surface area contributed by atoms with E-state index in [4.69, 9.17) is 24.8 Å². The van der Waals surface area contributed by atoms with Crippen LogP contribution in [0.4, 0.5) is 0 Å². The van der Waals surface area contributed by atoms with Crippen molar-refractivity contribution in [1.82, 2.24) is 0 Å². The molecule has 0 aliphatic carbocycles. The van der Waals surface area contributed by atoms with Crippen LogP contribution in [0.25, 0.3) is 0 Å². The minimum absolute atomic E-state index is 0.0132. The number of carbonyl (C=O) groups excluding carboxylic acids is 3. The highest BCUT2D eigenvalue weighted by Gasteiger charge is 2.26. The number of rotatable bonds is 30. The SMILES string of the molecule is CCCCCCCC/C=C\CCCCCCCC(=O)OC[C@H](COP(=O)(O)OCCN)OC(=O)CCCC(=O)/C=C/C(=O)O. The molecular weight excluding hydrogens is 593 g/mol. The molecule has 0 rings (SSSR count). The molecule has 1 unspecified atom stereocenters. The number of esters is 2. The Hall–Kier alpha value is -2.37. The van der Waals surface area contributed by atoms with Crippen LogP contribution < -0.4 is 5.73 Å². The van der Waals surface area contributed by atoms with E-state index in [0.29, 0.717) is 12.5 Å². The molecule has 12 nitrogen and oxygen atoms in total. The Balaban J connectivity index is 4.34. The Bertz CT molecular complexity index is 907. The summed E-state index contributed by atoms with van der Waals surface area (Å²) in [6.07, 6.45) is 19.8. The number of allylic oxidation sites excluding steroid dienone is 3.